The van der Waals surface area contributed by atoms with E-state index in [4.69, 9.17) is 4.42 Å². The normalized spacial score (nSPS) is 12.3. The zero-order chi connectivity index (χ0) is 22.4. The fourth-order valence-corrected chi connectivity index (χ4v) is 4.33. The van der Waals surface area contributed by atoms with Crippen molar-refractivity contribution in [3.8, 4) is 28.1 Å². The molecule has 160 valence electrons. The lowest BCUT2D eigenvalue weighted by molar-refractivity contribution is -0.140. The zero-order valence-electron chi connectivity index (χ0n) is 16.5. The zero-order valence-corrected chi connectivity index (χ0v) is 17.3. The second-order valence-electron chi connectivity index (χ2n) is 7.11. The van der Waals surface area contributed by atoms with Crippen LogP contribution in [0.25, 0.3) is 28.1 Å². The van der Waals surface area contributed by atoms with Crippen molar-refractivity contribution in [1.29, 1.82) is 0 Å². The Kier molecular flexibility index (Phi) is 5.01. The van der Waals surface area contributed by atoms with Crippen molar-refractivity contribution in [2.75, 3.05) is 6.26 Å². The summed E-state index contributed by atoms with van der Waals surface area (Å²) < 4.78 is 71.1. The topological polar surface area (TPSA) is 65.1 Å². The number of alkyl halides is 3. The predicted octanol–water partition coefficient (Wildman–Crippen LogP) is 5.53. The predicted molar refractivity (Wildman–Crippen MR) is 110 cm³/mol. The van der Waals surface area contributed by atoms with Gasteiger partial charge in [0.15, 0.2) is 15.5 Å². The molecule has 0 N–H and O–H groups in total. The Morgan fingerprint density at radius 1 is 1.00 bits per heavy atom. The largest absolute Gasteiger partial charge is 0.464 e. The third-order valence-corrected chi connectivity index (χ3v) is 6.06. The number of rotatable bonds is 4. The molecule has 9 heteroatoms. The van der Waals surface area contributed by atoms with Crippen molar-refractivity contribution in [3.05, 3.63) is 78.3 Å². The Bertz CT molecular complexity index is 1340. The third kappa shape index (κ3) is 4.13. The molecule has 31 heavy (non-hydrogen) atoms. The van der Waals surface area contributed by atoms with Crippen molar-refractivity contribution in [3.63, 3.8) is 0 Å². The average Bonchev–Trinajstić information content (AvgIpc) is 3.37. The minimum atomic E-state index is -4.66. The second kappa shape index (κ2) is 7.42. The van der Waals surface area contributed by atoms with Gasteiger partial charge in [-0.3, -0.25) is 0 Å². The number of hydrogen-bond donors (Lipinski definition) is 0. The first-order valence-electron chi connectivity index (χ1n) is 9.16. The van der Waals surface area contributed by atoms with Gasteiger partial charge in [-0.1, -0.05) is 24.3 Å². The molecule has 0 atom stereocenters. The van der Waals surface area contributed by atoms with Crippen LogP contribution in [0, 0.1) is 6.92 Å². The van der Waals surface area contributed by atoms with Gasteiger partial charge in [0.2, 0.25) is 0 Å². The first kappa shape index (κ1) is 20.9. The summed E-state index contributed by atoms with van der Waals surface area (Å²) in [5.74, 6) is 0.611. The van der Waals surface area contributed by atoms with Gasteiger partial charge in [-0.15, -0.1) is 0 Å². The Labute approximate surface area is 176 Å². The molecule has 0 aliphatic rings. The van der Waals surface area contributed by atoms with E-state index >= 15 is 0 Å². The van der Waals surface area contributed by atoms with Gasteiger partial charge in [0, 0.05) is 23.6 Å². The number of furan rings is 1. The number of aryl methyl sites for hydroxylation is 1. The smallest absolute Gasteiger partial charge is 0.435 e. The molecule has 0 aliphatic carbocycles. The van der Waals surface area contributed by atoms with E-state index in [0.717, 1.165) is 16.5 Å². The van der Waals surface area contributed by atoms with Gasteiger partial charge in [0.25, 0.3) is 0 Å². The molecule has 0 spiro atoms. The molecule has 4 aromatic rings. The van der Waals surface area contributed by atoms with Crippen LogP contribution < -0.4 is 0 Å². The number of sulfone groups is 1. The van der Waals surface area contributed by atoms with Crippen molar-refractivity contribution in [1.82, 2.24) is 9.78 Å². The Balaban J connectivity index is 1.79. The van der Waals surface area contributed by atoms with Gasteiger partial charge in [-0.2, -0.15) is 18.3 Å². The summed E-state index contributed by atoms with van der Waals surface area (Å²) in [5, 5.41) is 3.76. The lowest BCUT2D eigenvalue weighted by atomic mass is 10.0. The highest BCUT2D eigenvalue weighted by Gasteiger charge is 2.37. The van der Waals surface area contributed by atoms with Crippen molar-refractivity contribution in [2.24, 2.45) is 0 Å². The standard InChI is InChI=1S/C22H17F3N2O3S/c1-14-12-17(9-10-20(14)31(2,28)29)27-13-18(21(26-27)22(23,24)25)15-5-7-16(8-6-15)19-4-3-11-30-19/h3-13H,1-2H3. The van der Waals surface area contributed by atoms with E-state index in [9.17, 15) is 21.6 Å². The molecule has 2 heterocycles. The van der Waals surface area contributed by atoms with E-state index in [1.165, 1.54) is 30.7 Å². The maximum Gasteiger partial charge on any atom is 0.435 e. The van der Waals surface area contributed by atoms with Crippen LogP contribution in [0.3, 0.4) is 0 Å². The Morgan fingerprint density at radius 3 is 2.23 bits per heavy atom. The molecule has 0 fully saturated rings. The van der Waals surface area contributed by atoms with Gasteiger partial charge in [-0.05, 0) is 48.4 Å². The van der Waals surface area contributed by atoms with E-state index in [1.54, 1.807) is 43.3 Å². The lowest BCUT2D eigenvalue weighted by Crippen LogP contribution is -2.09. The van der Waals surface area contributed by atoms with E-state index in [1.807, 2.05) is 0 Å². The molecule has 0 aliphatic heterocycles. The minimum absolute atomic E-state index is 0.0802. The third-order valence-electron chi connectivity index (χ3n) is 4.81. The SMILES string of the molecule is Cc1cc(-n2cc(-c3ccc(-c4ccco4)cc3)c(C(F)(F)F)n2)ccc1S(C)(=O)=O. The van der Waals surface area contributed by atoms with Crippen LogP contribution in [0.4, 0.5) is 13.2 Å². The summed E-state index contributed by atoms with van der Waals surface area (Å²) in [4.78, 5) is 0.119. The van der Waals surface area contributed by atoms with E-state index in [-0.39, 0.29) is 10.5 Å². The van der Waals surface area contributed by atoms with Crippen LogP contribution in [0.2, 0.25) is 0 Å². The molecule has 5 nitrogen and oxygen atoms in total. The van der Waals surface area contributed by atoms with Gasteiger partial charge in [0.05, 0.1) is 16.8 Å². The van der Waals surface area contributed by atoms with Crippen LogP contribution in [-0.4, -0.2) is 24.5 Å². The molecule has 0 bridgehead atoms. The molecule has 4 rings (SSSR count). The van der Waals surface area contributed by atoms with E-state index in [0.29, 0.717) is 22.6 Å². The molecule has 0 amide bonds. The van der Waals surface area contributed by atoms with Crippen LogP contribution in [0.1, 0.15) is 11.3 Å². The Hall–Kier alpha value is -3.33. The van der Waals surface area contributed by atoms with Crippen LogP contribution in [0.5, 0.6) is 0 Å². The molecule has 0 radical (unpaired) electrons. The molecular formula is C22H17F3N2O3S. The number of benzene rings is 2. The first-order chi connectivity index (χ1) is 14.5. The quantitative estimate of drug-likeness (QED) is 0.414. The van der Waals surface area contributed by atoms with E-state index < -0.39 is 21.7 Å². The Morgan fingerprint density at radius 2 is 1.68 bits per heavy atom. The highest BCUT2D eigenvalue weighted by molar-refractivity contribution is 7.90. The summed E-state index contributed by atoms with van der Waals surface area (Å²) in [7, 11) is -3.44. The summed E-state index contributed by atoms with van der Waals surface area (Å²) in [6.07, 6.45) is -0.775. The van der Waals surface area contributed by atoms with Crippen molar-refractivity contribution >= 4 is 9.84 Å². The highest BCUT2D eigenvalue weighted by Crippen LogP contribution is 2.37. The maximum atomic E-state index is 13.7. The number of halogens is 3. The van der Waals surface area contributed by atoms with Crippen LogP contribution >= 0.6 is 0 Å². The summed E-state index contributed by atoms with van der Waals surface area (Å²) in [5.41, 5.74) is 0.730. The number of aromatic nitrogens is 2. The number of nitrogens with zero attached hydrogens (tertiary/aromatic N) is 2. The minimum Gasteiger partial charge on any atom is -0.464 e. The maximum absolute atomic E-state index is 13.7. The van der Waals surface area contributed by atoms with E-state index in [2.05, 4.69) is 5.10 Å². The van der Waals surface area contributed by atoms with Gasteiger partial charge >= 0.3 is 6.18 Å². The molecule has 0 saturated carbocycles. The van der Waals surface area contributed by atoms with Crippen molar-refractivity contribution < 1.29 is 26.0 Å². The molecule has 2 aromatic carbocycles. The first-order valence-corrected chi connectivity index (χ1v) is 11.1. The summed E-state index contributed by atoms with van der Waals surface area (Å²) >= 11 is 0. The molecule has 0 saturated heterocycles. The van der Waals surface area contributed by atoms with Crippen molar-refractivity contribution in [2.45, 2.75) is 18.0 Å². The molecular weight excluding hydrogens is 429 g/mol. The fourth-order valence-electron chi connectivity index (χ4n) is 3.38. The van der Waals surface area contributed by atoms with Gasteiger partial charge in [0.1, 0.15) is 5.76 Å². The van der Waals surface area contributed by atoms with Crippen LogP contribution in [0.15, 0.2) is 76.4 Å². The highest BCUT2D eigenvalue weighted by atomic mass is 32.2. The molecule has 0 unspecified atom stereocenters. The lowest BCUT2D eigenvalue weighted by Gasteiger charge is -2.07. The van der Waals surface area contributed by atoms with Crippen LogP contribution in [-0.2, 0) is 16.0 Å². The summed E-state index contributed by atoms with van der Waals surface area (Å²) in [6.45, 7) is 1.59. The molecule has 2 aromatic heterocycles. The average molecular weight is 446 g/mol. The fraction of sp³-hybridized carbons (Fsp3) is 0.136. The summed E-state index contributed by atoms with van der Waals surface area (Å²) in [6, 6.07) is 14.3. The monoisotopic (exact) mass is 446 g/mol. The van der Waals surface area contributed by atoms with Gasteiger partial charge in [-0.25, -0.2) is 13.1 Å². The second-order valence-corrected chi connectivity index (χ2v) is 9.09. The number of hydrogen-bond acceptors (Lipinski definition) is 4. The van der Waals surface area contributed by atoms with Gasteiger partial charge < -0.3 is 4.42 Å².